The molecule has 0 aliphatic carbocycles. The highest BCUT2D eigenvalue weighted by Crippen LogP contribution is 2.47. The van der Waals surface area contributed by atoms with Gasteiger partial charge in [-0.05, 0) is 42.5 Å². The zero-order valence-electron chi connectivity index (χ0n) is 17.6. The largest absolute Gasteiger partial charge is 0.493 e. The lowest BCUT2D eigenvalue weighted by atomic mass is 9.84. The molecule has 0 aromatic heterocycles. The number of amides is 1. The van der Waals surface area contributed by atoms with E-state index in [1.807, 2.05) is 12.1 Å². The van der Waals surface area contributed by atoms with Crippen molar-refractivity contribution in [2.24, 2.45) is 17.8 Å². The Labute approximate surface area is 182 Å². The van der Waals surface area contributed by atoms with Crippen LogP contribution in [-0.4, -0.2) is 43.7 Å². The van der Waals surface area contributed by atoms with Crippen molar-refractivity contribution < 1.29 is 18.7 Å². The number of nitrogens with one attached hydrogen (secondary N) is 1. The van der Waals surface area contributed by atoms with Gasteiger partial charge in [-0.3, -0.25) is 9.69 Å². The number of nitrogens with zero attached hydrogens (tertiary/aromatic N) is 1. The fraction of sp³-hybridized carbons (Fsp3) is 0.480. The molecule has 31 heavy (non-hydrogen) atoms. The molecule has 1 amide bonds. The van der Waals surface area contributed by atoms with Crippen LogP contribution in [0.3, 0.4) is 0 Å². The number of carbonyl (C=O) groups excluding carboxylic acids is 1. The van der Waals surface area contributed by atoms with E-state index in [9.17, 15) is 9.18 Å². The summed E-state index contributed by atoms with van der Waals surface area (Å²) in [6.45, 7) is 4.34. The van der Waals surface area contributed by atoms with Gasteiger partial charge in [0.25, 0.3) is 0 Å². The van der Waals surface area contributed by atoms with Gasteiger partial charge in [-0.2, -0.15) is 0 Å². The monoisotopic (exact) mass is 424 g/mol. The minimum absolute atomic E-state index is 0.0526. The number of likely N-dealkylation sites (tertiary alicyclic amines) is 1. The standard InChI is InChI=1S/C25H29FN2O3/c26-19-7-5-17(6-8-19)13-27-25(29)21-15-28(14-18-9-11-30-12-10-18)24-20-3-1-2-4-23(20)31-16-22(21)24/h1-8,18,21-22,24H,9-16H2,(H,27,29)/t21-,22+,24+/m1/s1. The SMILES string of the molecule is O=C(NCc1ccc(F)cc1)[C@@H]1CN(CC2CCOCC2)[C@H]2c3ccccc3OC[C@@H]12. The first-order valence-corrected chi connectivity index (χ1v) is 11.2. The van der Waals surface area contributed by atoms with Gasteiger partial charge in [0.2, 0.25) is 5.91 Å². The molecule has 3 heterocycles. The highest BCUT2D eigenvalue weighted by Gasteiger charge is 2.49. The Morgan fingerprint density at radius 1 is 1.10 bits per heavy atom. The molecular formula is C25H29FN2O3. The molecule has 0 spiro atoms. The van der Waals surface area contributed by atoms with E-state index >= 15 is 0 Å². The first kappa shape index (κ1) is 20.5. The lowest BCUT2D eigenvalue weighted by Gasteiger charge is -2.36. The average molecular weight is 425 g/mol. The molecule has 2 aromatic carbocycles. The Morgan fingerprint density at radius 2 is 1.87 bits per heavy atom. The van der Waals surface area contributed by atoms with E-state index in [0.717, 1.165) is 50.5 Å². The van der Waals surface area contributed by atoms with Gasteiger partial charge < -0.3 is 14.8 Å². The van der Waals surface area contributed by atoms with Crippen molar-refractivity contribution in [3.8, 4) is 5.75 Å². The number of benzene rings is 2. The number of para-hydroxylation sites is 1. The Hall–Kier alpha value is -2.44. The molecule has 2 saturated heterocycles. The number of halogens is 1. The van der Waals surface area contributed by atoms with Crippen molar-refractivity contribution in [2.75, 3.05) is 32.9 Å². The molecule has 0 radical (unpaired) electrons. The first-order valence-electron chi connectivity index (χ1n) is 11.2. The van der Waals surface area contributed by atoms with Gasteiger partial charge in [-0.1, -0.05) is 30.3 Å². The molecule has 5 rings (SSSR count). The summed E-state index contributed by atoms with van der Waals surface area (Å²) in [5, 5.41) is 3.08. The van der Waals surface area contributed by atoms with E-state index < -0.39 is 0 Å². The molecule has 0 saturated carbocycles. The minimum atomic E-state index is -0.268. The lowest BCUT2D eigenvalue weighted by molar-refractivity contribution is -0.126. The number of hydrogen-bond donors (Lipinski definition) is 1. The topological polar surface area (TPSA) is 50.8 Å². The quantitative estimate of drug-likeness (QED) is 0.798. The summed E-state index contributed by atoms with van der Waals surface area (Å²) in [4.78, 5) is 15.7. The Kier molecular flexibility index (Phi) is 5.92. The van der Waals surface area contributed by atoms with Crippen LogP contribution >= 0.6 is 0 Å². The minimum Gasteiger partial charge on any atom is -0.493 e. The molecular weight excluding hydrogens is 395 g/mol. The summed E-state index contributed by atoms with van der Waals surface area (Å²) in [6, 6.07) is 14.7. The summed E-state index contributed by atoms with van der Waals surface area (Å²) in [5.41, 5.74) is 2.09. The molecule has 6 heteroatoms. The van der Waals surface area contributed by atoms with Crippen LogP contribution in [0.5, 0.6) is 5.75 Å². The smallest absolute Gasteiger partial charge is 0.225 e. The van der Waals surface area contributed by atoms with Crippen LogP contribution in [0.1, 0.15) is 30.0 Å². The highest BCUT2D eigenvalue weighted by atomic mass is 19.1. The lowest BCUT2D eigenvalue weighted by Crippen LogP contribution is -2.38. The van der Waals surface area contributed by atoms with Crippen LogP contribution in [0.25, 0.3) is 0 Å². The number of fused-ring (bicyclic) bond motifs is 3. The zero-order valence-corrected chi connectivity index (χ0v) is 17.6. The number of hydrogen-bond acceptors (Lipinski definition) is 4. The van der Waals surface area contributed by atoms with E-state index in [4.69, 9.17) is 9.47 Å². The number of ether oxygens (including phenoxy) is 2. The highest BCUT2D eigenvalue weighted by molar-refractivity contribution is 5.80. The van der Waals surface area contributed by atoms with Crippen molar-refractivity contribution in [3.63, 3.8) is 0 Å². The Bertz CT molecular complexity index is 913. The fourth-order valence-corrected chi connectivity index (χ4v) is 5.32. The third-order valence-corrected chi connectivity index (χ3v) is 6.97. The number of rotatable bonds is 5. The Morgan fingerprint density at radius 3 is 2.68 bits per heavy atom. The van der Waals surface area contributed by atoms with Crippen LogP contribution in [0.4, 0.5) is 4.39 Å². The van der Waals surface area contributed by atoms with E-state index in [2.05, 4.69) is 22.3 Å². The third-order valence-electron chi connectivity index (χ3n) is 6.97. The maximum absolute atomic E-state index is 13.2. The van der Waals surface area contributed by atoms with Gasteiger partial charge in [0.15, 0.2) is 0 Å². The summed E-state index contributed by atoms with van der Waals surface area (Å²) >= 11 is 0. The molecule has 164 valence electrons. The van der Waals surface area contributed by atoms with E-state index in [0.29, 0.717) is 19.1 Å². The molecule has 0 bridgehead atoms. The van der Waals surface area contributed by atoms with Crippen LogP contribution in [-0.2, 0) is 16.1 Å². The second-order valence-electron chi connectivity index (χ2n) is 8.92. The molecule has 3 aliphatic rings. The zero-order chi connectivity index (χ0) is 21.2. The molecule has 3 atom stereocenters. The van der Waals surface area contributed by atoms with Crippen molar-refractivity contribution >= 4 is 5.91 Å². The van der Waals surface area contributed by atoms with Crippen LogP contribution < -0.4 is 10.1 Å². The van der Waals surface area contributed by atoms with Crippen molar-refractivity contribution in [1.29, 1.82) is 0 Å². The van der Waals surface area contributed by atoms with Crippen LogP contribution in [0.2, 0.25) is 0 Å². The van der Waals surface area contributed by atoms with Crippen molar-refractivity contribution in [2.45, 2.75) is 25.4 Å². The van der Waals surface area contributed by atoms with E-state index in [-0.39, 0.29) is 29.6 Å². The molecule has 3 aliphatic heterocycles. The normalized spacial score (nSPS) is 26.0. The molecule has 2 fully saturated rings. The van der Waals surface area contributed by atoms with E-state index in [1.165, 1.54) is 17.7 Å². The maximum atomic E-state index is 13.2. The van der Waals surface area contributed by atoms with Crippen molar-refractivity contribution in [3.05, 3.63) is 65.5 Å². The van der Waals surface area contributed by atoms with Gasteiger partial charge >= 0.3 is 0 Å². The summed E-state index contributed by atoms with van der Waals surface area (Å²) in [5.74, 6) is 1.33. The van der Waals surface area contributed by atoms with Gasteiger partial charge in [0, 0.05) is 50.4 Å². The van der Waals surface area contributed by atoms with Gasteiger partial charge in [0.1, 0.15) is 11.6 Å². The van der Waals surface area contributed by atoms with Gasteiger partial charge in [-0.25, -0.2) is 4.39 Å². The Balaban J connectivity index is 1.33. The summed E-state index contributed by atoms with van der Waals surface area (Å²) in [7, 11) is 0. The average Bonchev–Trinajstić information content (AvgIpc) is 3.18. The molecule has 5 nitrogen and oxygen atoms in total. The third kappa shape index (κ3) is 4.32. The van der Waals surface area contributed by atoms with Crippen LogP contribution in [0, 0.1) is 23.6 Å². The van der Waals surface area contributed by atoms with Crippen LogP contribution in [0.15, 0.2) is 48.5 Å². The van der Waals surface area contributed by atoms with Crippen molar-refractivity contribution in [1.82, 2.24) is 10.2 Å². The number of carbonyl (C=O) groups is 1. The van der Waals surface area contributed by atoms with Gasteiger partial charge in [0.05, 0.1) is 12.5 Å². The molecule has 0 unspecified atom stereocenters. The summed E-state index contributed by atoms with van der Waals surface area (Å²) in [6.07, 6.45) is 2.15. The van der Waals surface area contributed by atoms with Gasteiger partial charge in [-0.15, -0.1) is 0 Å². The fourth-order valence-electron chi connectivity index (χ4n) is 5.32. The maximum Gasteiger partial charge on any atom is 0.225 e. The predicted molar refractivity (Wildman–Crippen MR) is 115 cm³/mol. The second kappa shape index (κ2) is 8.97. The van der Waals surface area contributed by atoms with E-state index in [1.54, 1.807) is 12.1 Å². The summed E-state index contributed by atoms with van der Waals surface area (Å²) < 4.78 is 24.8. The second-order valence-corrected chi connectivity index (χ2v) is 8.92. The molecule has 1 N–H and O–H groups in total. The molecule has 2 aromatic rings. The predicted octanol–water partition coefficient (Wildman–Crippen LogP) is 3.55. The first-order chi connectivity index (χ1) is 15.2.